The standard InChI is InChI=1S/C17H36N4O/c1-5-18-17(19-11-7-6-8-14-22-4)20-16-9-12-21(13-10-16)15(2)3/h15-16H,5-14H2,1-4H3,(H2,18,19,20). The third-order valence-corrected chi connectivity index (χ3v) is 4.22. The zero-order valence-corrected chi connectivity index (χ0v) is 15.0. The van der Waals surface area contributed by atoms with Crippen molar-refractivity contribution < 1.29 is 4.74 Å². The van der Waals surface area contributed by atoms with E-state index in [0.29, 0.717) is 12.1 Å². The minimum atomic E-state index is 0.557. The summed E-state index contributed by atoms with van der Waals surface area (Å²) < 4.78 is 5.07. The molecular formula is C17H36N4O. The summed E-state index contributed by atoms with van der Waals surface area (Å²) in [5.41, 5.74) is 0. The molecule has 0 bridgehead atoms. The molecule has 130 valence electrons. The maximum absolute atomic E-state index is 5.07. The summed E-state index contributed by atoms with van der Waals surface area (Å²) in [6, 6.07) is 1.22. The van der Waals surface area contributed by atoms with E-state index in [9.17, 15) is 0 Å². The number of guanidine groups is 1. The molecule has 5 nitrogen and oxygen atoms in total. The molecule has 0 aliphatic carbocycles. The summed E-state index contributed by atoms with van der Waals surface area (Å²) in [5, 5.41) is 6.97. The van der Waals surface area contributed by atoms with Crippen molar-refractivity contribution in [2.24, 2.45) is 4.99 Å². The van der Waals surface area contributed by atoms with E-state index in [-0.39, 0.29) is 0 Å². The molecule has 0 spiro atoms. The first-order valence-electron chi connectivity index (χ1n) is 8.95. The van der Waals surface area contributed by atoms with E-state index in [1.807, 2.05) is 0 Å². The number of hydrogen-bond donors (Lipinski definition) is 2. The summed E-state index contributed by atoms with van der Waals surface area (Å²) in [6.07, 6.45) is 5.85. The number of piperidine rings is 1. The molecule has 0 radical (unpaired) electrons. The number of hydrogen-bond acceptors (Lipinski definition) is 3. The molecule has 0 saturated carbocycles. The molecule has 0 aromatic rings. The van der Waals surface area contributed by atoms with Gasteiger partial charge < -0.3 is 20.3 Å². The van der Waals surface area contributed by atoms with E-state index >= 15 is 0 Å². The van der Waals surface area contributed by atoms with Crippen LogP contribution in [0, 0.1) is 0 Å². The van der Waals surface area contributed by atoms with Gasteiger partial charge in [-0.2, -0.15) is 0 Å². The molecule has 1 rings (SSSR count). The Morgan fingerprint density at radius 2 is 1.95 bits per heavy atom. The fourth-order valence-corrected chi connectivity index (χ4v) is 2.80. The van der Waals surface area contributed by atoms with Crippen LogP contribution in [0.1, 0.15) is 52.9 Å². The van der Waals surface area contributed by atoms with Gasteiger partial charge in [0.15, 0.2) is 5.96 Å². The second kappa shape index (κ2) is 11.7. The highest BCUT2D eigenvalue weighted by atomic mass is 16.5. The van der Waals surface area contributed by atoms with Gasteiger partial charge in [0.05, 0.1) is 0 Å². The zero-order chi connectivity index (χ0) is 16.2. The quantitative estimate of drug-likeness (QED) is 0.389. The van der Waals surface area contributed by atoms with Gasteiger partial charge >= 0.3 is 0 Å². The van der Waals surface area contributed by atoms with Crippen LogP contribution in [0.15, 0.2) is 4.99 Å². The van der Waals surface area contributed by atoms with E-state index in [4.69, 9.17) is 9.73 Å². The summed E-state index contributed by atoms with van der Waals surface area (Å²) in [4.78, 5) is 7.25. The first kappa shape index (κ1) is 19.2. The predicted molar refractivity (Wildman–Crippen MR) is 94.6 cm³/mol. The van der Waals surface area contributed by atoms with Crippen molar-refractivity contribution in [2.45, 2.75) is 65.0 Å². The predicted octanol–water partition coefficient (Wildman–Crippen LogP) is 2.23. The van der Waals surface area contributed by atoms with E-state index < -0.39 is 0 Å². The van der Waals surface area contributed by atoms with Crippen LogP contribution in [0.5, 0.6) is 0 Å². The van der Waals surface area contributed by atoms with Crippen LogP contribution < -0.4 is 10.6 Å². The van der Waals surface area contributed by atoms with Gasteiger partial charge in [-0.05, 0) is 52.9 Å². The Bertz CT molecular complexity index is 299. The lowest BCUT2D eigenvalue weighted by atomic mass is 10.0. The van der Waals surface area contributed by atoms with Gasteiger partial charge in [-0.3, -0.25) is 4.99 Å². The molecule has 22 heavy (non-hydrogen) atoms. The van der Waals surface area contributed by atoms with Crippen molar-refractivity contribution in [3.63, 3.8) is 0 Å². The van der Waals surface area contributed by atoms with E-state index in [0.717, 1.165) is 38.5 Å². The van der Waals surface area contributed by atoms with E-state index in [1.165, 1.54) is 32.4 Å². The lowest BCUT2D eigenvalue weighted by Gasteiger charge is -2.35. The molecule has 2 N–H and O–H groups in total. The number of aliphatic imine (C=N–C) groups is 1. The van der Waals surface area contributed by atoms with E-state index in [1.54, 1.807) is 7.11 Å². The first-order valence-corrected chi connectivity index (χ1v) is 8.95. The van der Waals surface area contributed by atoms with Crippen LogP contribution >= 0.6 is 0 Å². The number of nitrogens with zero attached hydrogens (tertiary/aromatic N) is 2. The number of rotatable bonds is 9. The van der Waals surface area contributed by atoms with Crippen LogP contribution in [-0.4, -0.2) is 62.8 Å². The minimum Gasteiger partial charge on any atom is -0.385 e. The summed E-state index contributed by atoms with van der Waals surface area (Å²) in [5.74, 6) is 0.984. The lowest BCUT2D eigenvalue weighted by molar-refractivity contribution is 0.167. The number of unbranched alkanes of at least 4 members (excludes halogenated alkanes) is 2. The number of ether oxygens (including phenoxy) is 1. The van der Waals surface area contributed by atoms with Crippen molar-refractivity contribution >= 4 is 5.96 Å². The molecule has 0 unspecified atom stereocenters. The maximum atomic E-state index is 5.07. The van der Waals surface area contributed by atoms with Crippen molar-refractivity contribution in [3.05, 3.63) is 0 Å². The Hall–Kier alpha value is -0.810. The van der Waals surface area contributed by atoms with Gasteiger partial charge in [-0.25, -0.2) is 0 Å². The number of likely N-dealkylation sites (tertiary alicyclic amines) is 1. The van der Waals surface area contributed by atoms with Gasteiger partial charge in [0.1, 0.15) is 0 Å². The lowest BCUT2D eigenvalue weighted by Crippen LogP contribution is -2.49. The minimum absolute atomic E-state index is 0.557. The molecule has 0 aromatic heterocycles. The van der Waals surface area contributed by atoms with Crippen LogP contribution in [0.25, 0.3) is 0 Å². The maximum Gasteiger partial charge on any atom is 0.191 e. The third kappa shape index (κ3) is 7.99. The Morgan fingerprint density at radius 1 is 1.23 bits per heavy atom. The molecule has 1 heterocycles. The molecule has 0 amide bonds. The molecule has 0 atom stereocenters. The average molecular weight is 313 g/mol. The SMILES string of the molecule is CCNC(=NCCCCCOC)NC1CCN(C(C)C)CC1. The fraction of sp³-hybridized carbons (Fsp3) is 0.941. The Morgan fingerprint density at radius 3 is 2.55 bits per heavy atom. The number of methoxy groups -OCH3 is 1. The van der Waals surface area contributed by atoms with Crippen LogP contribution in [0.3, 0.4) is 0 Å². The van der Waals surface area contributed by atoms with Crippen molar-refractivity contribution in [2.75, 3.05) is 39.9 Å². The number of nitrogens with one attached hydrogen (secondary N) is 2. The normalized spacial score (nSPS) is 18.0. The molecule has 1 fully saturated rings. The van der Waals surface area contributed by atoms with Gasteiger partial charge in [-0.15, -0.1) is 0 Å². The average Bonchev–Trinajstić information content (AvgIpc) is 2.51. The summed E-state index contributed by atoms with van der Waals surface area (Å²) >= 11 is 0. The topological polar surface area (TPSA) is 48.9 Å². The summed E-state index contributed by atoms with van der Waals surface area (Å²) in [6.45, 7) is 11.7. The third-order valence-electron chi connectivity index (χ3n) is 4.22. The second-order valence-electron chi connectivity index (χ2n) is 6.36. The fourth-order valence-electron chi connectivity index (χ4n) is 2.80. The molecule has 1 aliphatic heterocycles. The highest BCUT2D eigenvalue weighted by molar-refractivity contribution is 5.80. The largest absolute Gasteiger partial charge is 0.385 e. The van der Waals surface area contributed by atoms with Gasteiger partial charge in [0, 0.05) is 52.0 Å². The zero-order valence-electron chi connectivity index (χ0n) is 15.0. The van der Waals surface area contributed by atoms with Gasteiger partial charge in [0.25, 0.3) is 0 Å². The monoisotopic (exact) mass is 312 g/mol. The Labute approximate surface area is 136 Å². The smallest absolute Gasteiger partial charge is 0.191 e. The highest BCUT2D eigenvalue weighted by Gasteiger charge is 2.21. The first-order chi connectivity index (χ1) is 10.7. The highest BCUT2D eigenvalue weighted by Crippen LogP contribution is 2.12. The second-order valence-corrected chi connectivity index (χ2v) is 6.36. The molecular weight excluding hydrogens is 276 g/mol. The van der Waals surface area contributed by atoms with Crippen molar-refractivity contribution in [3.8, 4) is 0 Å². The molecule has 1 saturated heterocycles. The van der Waals surface area contributed by atoms with Crippen molar-refractivity contribution in [1.82, 2.24) is 15.5 Å². The Balaban J connectivity index is 2.28. The molecule has 5 heteroatoms. The molecule has 0 aromatic carbocycles. The molecule has 1 aliphatic rings. The van der Waals surface area contributed by atoms with Crippen LogP contribution in [-0.2, 0) is 4.74 Å². The van der Waals surface area contributed by atoms with E-state index in [2.05, 4.69) is 36.3 Å². The van der Waals surface area contributed by atoms with Gasteiger partial charge in [-0.1, -0.05) is 0 Å². The van der Waals surface area contributed by atoms with Crippen molar-refractivity contribution in [1.29, 1.82) is 0 Å². The summed E-state index contributed by atoms with van der Waals surface area (Å²) in [7, 11) is 1.76. The van der Waals surface area contributed by atoms with Crippen LogP contribution in [0.4, 0.5) is 0 Å². The van der Waals surface area contributed by atoms with Gasteiger partial charge in [0.2, 0.25) is 0 Å². The Kier molecular flexibility index (Phi) is 10.2. The van der Waals surface area contributed by atoms with Crippen LogP contribution in [0.2, 0.25) is 0 Å².